The van der Waals surface area contributed by atoms with Crippen molar-refractivity contribution in [3.8, 4) is 0 Å². The minimum Gasteiger partial charge on any atom is -0.464 e. The van der Waals surface area contributed by atoms with Gasteiger partial charge in [0.05, 0.1) is 6.61 Å². The highest BCUT2D eigenvalue weighted by molar-refractivity contribution is 6.30. The third-order valence-corrected chi connectivity index (χ3v) is 5.63. The summed E-state index contributed by atoms with van der Waals surface area (Å²) in [6.07, 6.45) is 3.52. The van der Waals surface area contributed by atoms with Crippen LogP contribution in [-0.4, -0.2) is 18.5 Å². The van der Waals surface area contributed by atoms with E-state index in [2.05, 4.69) is 17.4 Å². The number of esters is 1. The number of hydrogen-bond donors (Lipinski definition) is 1. The third kappa shape index (κ3) is 5.14. The largest absolute Gasteiger partial charge is 0.464 e. The molecule has 0 aromatic heterocycles. The van der Waals surface area contributed by atoms with Gasteiger partial charge in [0, 0.05) is 10.9 Å². The highest BCUT2D eigenvalue weighted by Gasteiger charge is 2.31. The maximum Gasteiger partial charge on any atom is 0.333 e. The van der Waals surface area contributed by atoms with E-state index in [0.717, 1.165) is 36.3 Å². The summed E-state index contributed by atoms with van der Waals surface area (Å²) in [5, 5.41) is 3.66. The molecule has 0 heterocycles. The summed E-state index contributed by atoms with van der Waals surface area (Å²) in [6.45, 7) is 2.05. The first kappa shape index (κ1) is 20.4. The molecular formula is C23H26ClNO3. The first-order valence-corrected chi connectivity index (χ1v) is 10.2. The molecule has 0 aliphatic heterocycles. The molecule has 0 unspecified atom stereocenters. The van der Waals surface area contributed by atoms with E-state index in [1.807, 2.05) is 42.5 Å². The molecule has 3 rings (SSSR count). The molecule has 1 N–H and O–H groups in total. The lowest BCUT2D eigenvalue weighted by Gasteiger charge is -2.29. The van der Waals surface area contributed by atoms with Gasteiger partial charge in [-0.3, -0.25) is 4.79 Å². The van der Waals surface area contributed by atoms with Crippen LogP contribution in [0.1, 0.15) is 55.7 Å². The lowest BCUT2D eigenvalue weighted by Crippen LogP contribution is -2.39. The standard InChI is InChI=1S/C23H26ClNO3/c1-2-28-23(27)21(18-6-4-3-5-7-18)25-22(26)19-10-8-16(9-11-19)17-12-14-20(24)15-13-17/h3-7,12-16,19,21H,2,8-11H2,1H3,(H,25,26)/t16?,19?,21-/m0/s1. The van der Waals surface area contributed by atoms with Crippen molar-refractivity contribution in [3.05, 3.63) is 70.7 Å². The average Bonchev–Trinajstić information content (AvgIpc) is 2.73. The van der Waals surface area contributed by atoms with Crippen LogP contribution >= 0.6 is 11.6 Å². The van der Waals surface area contributed by atoms with Gasteiger partial charge in [-0.05, 0) is 61.8 Å². The molecule has 2 aromatic rings. The lowest BCUT2D eigenvalue weighted by molar-refractivity contribution is -0.148. The van der Waals surface area contributed by atoms with Gasteiger partial charge < -0.3 is 10.1 Å². The first-order chi connectivity index (χ1) is 13.6. The van der Waals surface area contributed by atoms with Crippen LogP contribution in [0, 0.1) is 5.92 Å². The molecule has 1 fully saturated rings. The Morgan fingerprint density at radius 2 is 1.68 bits per heavy atom. The number of carbonyl (C=O) groups excluding carboxylic acids is 2. The minimum atomic E-state index is -0.761. The Morgan fingerprint density at radius 1 is 1.04 bits per heavy atom. The van der Waals surface area contributed by atoms with Crippen molar-refractivity contribution in [3.63, 3.8) is 0 Å². The fraction of sp³-hybridized carbons (Fsp3) is 0.391. The number of rotatable bonds is 6. The van der Waals surface area contributed by atoms with Crippen LogP contribution in [0.4, 0.5) is 0 Å². The molecule has 1 atom stereocenters. The Bertz CT molecular complexity index is 783. The second-order valence-electron chi connectivity index (χ2n) is 7.20. The van der Waals surface area contributed by atoms with Gasteiger partial charge in [0.15, 0.2) is 6.04 Å². The monoisotopic (exact) mass is 399 g/mol. The zero-order chi connectivity index (χ0) is 19.9. The number of halogens is 1. The molecule has 4 nitrogen and oxygen atoms in total. The molecule has 5 heteroatoms. The maximum absolute atomic E-state index is 12.8. The number of carbonyl (C=O) groups is 2. The van der Waals surface area contributed by atoms with E-state index in [1.54, 1.807) is 6.92 Å². The summed E-state index contributed by atoms with van der Waals surface area (Å²) in [5.41, 5.74) is 2.01. The summed E-state index contributed by atoms with van der Waals surface area (Å²) in [5.74, 6) is -0.117. The first-order valence-electron chi connectivity index (χ1n) is 9.86. The fourth-order valence-corrected chi connectivity index (χ4v) is 3.96. The van der Waals surface area contributed by atoms with Crippen LogP contribution in [0.3, 0.4) is 0 Å². The van der Waals surface area contributed by atoms with Crippen LogP contribution in [0.5, 0.6) is 0 Å². The van der Waals surface area contributed by atoms with E-state index >= 15 is 0 Å². The molecule has 1 aliphatic rings. The number of nitrogens with one attached hydrogen (secondary N) is 1. The highest BCUT2D eigenvalue weighted by Crippen LogP contribution is 2.36. The summed E-state index contributed by atoms with van der Waals surface area (Å²) in [4.78, 5) is 25.2. The topological polar surface area (TPSA) is 55.4 Å². The zero-order valence-corrected chi connectivity index (χ0v) is 16.8. The zero-order valence-electron chi connectivity index (χ0n) is 16.1. The fourth-order valence-electron chi connectivity index (χ4n) is 3.83. The Labute approximate surface area is 171 Å². The van der Waals surface area contributed by atoms with Crippen LogP contribution in [-0.2, 0) is 14.3 Å². The van der Waals surface area contributed by atoms with Crippen molar-refractivity contribution in [2.75, 3.05) is 6.61 Å². The number of benzene rings is 2. The van der Waals surface area contributed by atoms with Crippen molar-refractivity contribution in [1.29, 1.82) is 0 Å². The molecule has 1 saturated carbocycles. The van der Waals surface area contributed by atoms with Crippen LogP contribution < -0.4 is 5.32 Å². The van der Waals surface area contributed by atoms with Gasteiger partial charge in [0.1, 0.15) is 0 Å². The number of ether oxygens (including phenoxy) is 1. The molecular weight excluding hydrogens is 374 g/mol. The SMILES string of the molecule is CCOC(=O)[C@@H](NC(=O)C1CCC(c2ccc(Cl)cc2)CC1)c1ccccc1. The number of hydrogen-bond acceptors (Lipinski definition) is 3. The molecule has 0 bridgehead atoms. The van der Waals surface area contributed by atoms with Crippen LogP contribution in [0.15, 0.2) is 54.6 Å². The van der Waals surface area contributed by atoms with Gasteiger partial charge in [-0.2, -0.15) is 0 Å². The smallest absolute Gasteiger partial charge is 0.333 e. The van der Waals surface area contributed by atoms with E-state index < -0.39 is 12.0 Å². The van der Waals surface area contributed by atoms with Gasteiger partial charge in [-0.15, -0.1) is 0 Å². The second-order valence-corrected chi connectivity index (χ2v) is 7.64. The van der Waals surface area contributed by atoms with Crippen molar-refractivity contribution in [2.24, 2.45) is 5.92 Å². The normalized spacial score (nSPS) is 20.2. The molecule has 1 amide bonds. The molecule has 28 heavy (non-hydrogen) atoms. The van der Waals surface area contributed by atoms with Crippen LogP contribution in [0.25, 0.3) is 0 Å². The predicted molar refractivity (Wildman–Crippen MR) is 110 cm³/mol. The van der Waals surface area contributed by atoms with E-state index in [-0.39, 0.29) is 18.4 Å². The quantitative estimate of drug-likeness (QED) is 0.692. The molecule has 0 saturated heterocycles. The van der Waals surface area contributed by atoms with Crippen LogP contribution in [0.2, 0.25) is 5.02 Å². The van der Waals surface area contributed by atoms with Gasteiger partial charge in [0.25, 0.3) is 0 Å². The Hall–Kier alpha value is -2.33. The minimum absolute atomic E-state index is 0.0727. The molecule has 148 valence electrons. The van der Waals surface area contributed by atoms with E-state index in [1.165, 1.54) is 5.56 Å². The maximum atomic E-state index is 12.8. The summed E-state index contributed by atoms with van der Waals surface area (Å²) >= 11 is 5.97. The van der Waals surface area contributed by atoms with Gasteiger partial charge >= 0.3 is 5.97 Å². The van der Waals surface area contributed by atoms with E-state index in [4.69, 9.17) is 16.3 Å². The highest BCUT2D eigenvalue weighted by atomic mass is 35.5. The Morgan fingerprint density at radius 3 is 2.29 bits per heavy atom. The summed E-state index contributed by atoms with van der Waals surface area (Å²) in [6, 6.07) is 16.5. The van der Waals surface area contributed by atoms with Crippen molar-refractivity contribution in [2.45, 2.75) is 44.6 Å². The van der Waals surface area contributed by atoms with Crippen molar-refractivity contribution in [1.82, 2.24) is 5.32 Å². The number of amides is 1. The molecule has 0 radical (unpaired) electrons. The van der Waals surface area contributed by atoms with E-state index in [9.17, 15) is 9.59 Å². The van der Waals surface area contributed by atoms with Gasteiger partial charge in [0.2, 0.25) is 5.91 Å². The van der Waals surface area contributed by atoms with Crippen molar-refractivity contribution < 1.29 is 14.3 Å². The summed E-state index contributed by atoms with van der Waals surface area (Å²) < 4.78 is 5.17. The van der Waals surface area contributed by atoms with Gasteiger partial charge in [-0.1, -0.05) is 54.1 Å². The molecule has 0 spiro atoms. The Kier molecular flexibility index (Phi) is 7.10. The van der Waals surface area contributed by atoms with Crippen molar-refractivity contribution >= 4 is 23.5 Å². The van der Waals surface area contributed by atoms with Gasteiger partial charge in [-0.25, -0.2) is 4.79 Å². The average molecular weight is 400 g/mol. The summed E-state index contributed by atoms with van der Waals surface area (Å²) in [7, 11) is 0. The predicted octanol–water partition coefficient (Wildman–Crippen LogP) is 5.03. The third-order valence-electron chi connectivity index (χ3n) is 5.38. The molecule has 1 aliphatic carbocycles. The second kappa shape index (κ2) is 9.74. The Balaban J connectivity index is 1.61. The molecule has 2 aromatic carbocycles. The van der Waals surface area contributed by atoms with E-state index in [0.29, 0.717) is 5.92 Å². The lowest BCUT2D eigenvalue weighted by atomic mass is 9.78.